The molecule has 2 fully saturated rings. The predicted octanol–water partition coefficient (Wildman–Crippen LogP) is -1.14. The number of hydrogen-bond acceptors (Lipinski definition) is 7. The minimum Gasteiger partial charge on any atom is -0.481 e. The molecule has 186 valence electrons. The molecule has 0 spiro atoms. The Morgan fingerprint density at radius 2 is 1.52 bits per heavy atom. The normalized spacial score (nSPS) is 22.1. The Bertz CT molecular complexity index is 747. The van der Waals surface area contributed by atoms with Gasteiger partial charge in [0.25, 0.3) is 0 Å². The number of aliphatic carboxylic acids is 2. The van der Waals surface area contributed by atoms with Crippen LogP contribution in [0.15, 0.2) is 0 Å². The Hall–Kier alpha value is -2.73. The molecule has 2 saturated heterocycles. The van der Waals surface area contributed by atoms with Gasteiger partial charge in [-0.1, -0.05) is 0 Å². The van der Waals surface area contributed by atoms with Crippen LogP contribution in [0.25, 0.3) is 0 Å². The van der Waals surface area contributed by atoms with Crippen molar-refractivity contribution < 1.29 is 34.2 Å². The van der Waals surface area contributed by atoms with Crippen LogP contribution in [0.3, 0.4) is 0 Å². The van der Waals surface area contributed by atoms with Crippen molar-refractivity contribution >= 4 is 29.7 Å². The number of nitrogens with two attached hydrogens (primary N) is 2. The van der Waals surface area contributed by atoms with Crippen LogP contribution in [0, 0.1) is 0 Å². The Balaban J connectivity index is 2.08. The molecule has 0 aromatic rings. The van der Waals surface area contributed by atoms with Gasteiger partial charge < -0.3 is 36.8 Å². The highest BCUT2D eigenvalue weighted by Crippen LogP contribution is 2.22. The molecule has 2 heterocycles. The van der Waals surface area contributed by atoms with E-state index in [1.165, 1.54) is 9.80 Å². The van der Waals surface area contributed by atoms with Gasteiger partial charge in [0.2, 0.25) is 17.7 Å². The van der Waals surface area contributed by atoms with Crippen LogP contribution in [-0.4, -0.2) is 93.5 Å². The second-order valence-electron chi connectivity index (χ2n) is 8.60. The van der Waals surface area contributed by atoms with E-state index in [2.05, 4.69) is 5.32 Å². The van der Waals surface area contributed by atoms with Gasteiger partial charge in [-0.3, -0.25) is 19.2 Å². The molecule has 0 saturated carbocycles. The molecule has 4 unspecified atom stereocenters. The number of nitrogens with one attached hydrogen (secondary N) is 1. The molecule has 2 aliphatic rings. The first-order valence-electron chi connectivity index (χ1n) is 11.5. The molecular weight excluding hydrogens is 434 g/mol. The smallest absolute Gasteiger partial charge is 0.326 e. The largest absolute Gasteiger partial charge is 0.481 e. The van der Waals surface area contributed by atoms with Gasteiger partial charge in [-0.15, -0.1) is 0 Å². The lowest BCUT2D eigenvalue weighted by atomic mass is 10.1. The summed E-state index contributed by atoms with van der Waals surface area (Å²) in [7, 11) is 0. The number of carboxylic acid groups (broad SMARTS) is 2. The van der Waals surface area contributed by atoms with Crippen LogP contribution in [0.2, 0.25) is 0 Å². The summed E-state index contributed by atoms with van der Waals surface area (Å²) in [5.41, 5.74) is 11.4. The van der Waals surface area contributed by atoms with E-state index >= 15 is 0 Å². The quantitative estimate of drug-likeness (QED) is 0.219. The zero-order chi connectivity index (χ0) is 24.5. The van der Waals surface area contributed by atoms with Crippen molar-refractivity contribution in [2.45, 2.75) is 82.0 Å². The highest BCUT2D eigenvalue weighted by molar-refractivity contribution is 5.94. The SMILES string of the molecule is NCCCCC(NC(=O)C1CCCN1C(=O)C(N)CCC(=O)O)C(=O)N1CCCC1C(=O)O. The molecule has 2 rings (SSSR count). The van der Waals surface area contributed by atoms with Crippen LogP contribution >= 0.6 is 0 Å². The monoisotopic (exact) mass is 469 g/mol. The highest BCUT2D eigenvalue weighted by atomic mass is 16.4. The molecule has 0 bridgehead atoms. The predicted molar refractivity (Wildman–Crippen MR) is 117 cm³/mol. The molecule has 33 heavy (non-hydrogen) atoms. The highest BCUT2D eigenvalue weighted by Gasteiger charge is 2.40. The number of carboxylic acids is 2. The molecule has 2 aliphatic heterocycles. The number of hydrogen-bond donors (Lipinski definition) is 5. The lowest BCUT2D eigenvalue weighted by Crippen LogP contribution is -2.56. The third-order valence-electron chi connectivity index (χ3n) is 6.21. The second-order valence-corrected chi connectivity index (χ2v) is 8.60. The van der Waals surface area contributed by atoms with Crippen molar-refractivity contribution in [2.75, 3.05) is 19.6 Å². The Kier molecular flexibility index (Phi) is 10.0. The Morgan fingerprint density at radius 1 is 0.909 bits per heavy atom. The van der Waals surface area contributed by atoms with E-state index in [4.69, 9.17) is 16.6 Å². The maximum atomic E-state index is 13.1. The van der Waals surface area contributed by atoms with E-state index in [-0.39, 0.29) is 12.8 Å². The van der Waals surface area contributed by atoms with Crippen LogP contribution in [-0.2, 0) is 24.0 Å². The van der Waals surface area contributed by atoms with E-state index in [1.807, 2.05) is 0 Å². The molecule has 0 aliphatic carbocycles. The van der Waals surface area contributed by atoms with Crippen molar-refractivity contribution in [2.24, 2.45) is 11.5 Å². The zero-order valence-corrected chi connectivity index (χ0v) is 18.8. The molecule has 3 amide bonds. The average Bonchev–Trinajstić information content (AvgIpc) is 3.45. The molecule has 7 N–H and O–H groups in total. The first-order valence-corrected chi connectivity index (χ1v) is 11.5. The Labute approximate surface area is 192 Å². The van der Waals surface area contributed by atoms with E-state index in [0.29, 0.717) is 64.6 Å². The lowest BCUT2D eigenvalue weighted by Gasteiger charge is -2.30. The fourth-order valence-corrected chi connectivity index (χ4v) is 4.42. The van der Waals surface area contributed by atoms with Crippen LogP contribution < -0.4 is 16.8 Å². The summed E-state index contributed by atoms with van der Waals surface area (Å²) in [6, 6.07) is -3.67. The van der Waals surface area contributed by atoms with Crippen molar-refractivity contribution in [3.05, 3.63) is 0 Å². The first kappa shape index (κ1) is 26.5. The number of nitrogens with zero attached hydrogens (tertiary/aromatic N) is 2. The molecular formula is C21H35N5O7. The molecule has 4 atom stereocenters. The lowest BCUT2D eigenvalue weighted by molar-refractivity contribution is -0.150. The number of unbranched alkanes of at least 4 members (excludes halogenated alkanes) is 1. The summed E-state index contributed by atoms with van der Waals surface area (Å²) in [5.74, 6) is -3.57. The summed E-state index contributed by atoms with van der Waals surface area (Å²) >= 11 is 0. The zero-order valence-electron chi connectivity index (χ0n) is 18.8. The average molecular weight is 470 g/mol. The molecule has 12 nitrogen and oxygen atoms in total. The van der Waals surface area contributed by atoms with Crippen molar-refractivity contribution in [3.63, 3.8) is 0 Å². The summed E-state index contributed by atoms with van der Waals surface area (Å²) in [4.78, 5) is 63.8. The number of carbonyl (C=O) groups excluding carboxylic acids is 3. The second kappa shape index (κ2) is 12.5. The first-order chi connectivity index (χ1) is 15.7. The van der Waals surface area contributed by atoms with Gasteiger partial charge in [0, 0.05) is 19.5 Å². The minimum atomic E-state index is -1.07. The summed E-state index contributed by atoms with van der Waals surface area (Å²) in [5, 5.41) is 21.0. The van der Waals surface area contributed by atoms with Crippen molar-refractivity contribution in [3.8, 4) is 0 Å². The number of rotatable bonds is 12. The van der Waals surface area contributed by atoms with Gasteiger partial charge in [-0.25, -0.2) is 4.79 Å². The fourth-order valence-electron chi connectivity index (χ4n) is 4.42. The van der Waals surface area contributed by atoms with E-state index in [0.717, 1.165) is 0 Å². The van der Waals surface area contributed by atoms with Crippen LogP contribution in [0.4, 0.5) is 0 Å². The number of carbonyl (C=O) groups is 5. The summed E-state index contributed by atoms with van der Waals surface area (Å²) < 4.78 is 0. The number of likely N-dealkylation sites (tertiary alicyclic amines) is 2. The summed E-state index contributed by atoms with van der Waals surface area (Å²) in [6.45, 7) is 1.05. The van der Waals surface area contributed by atoms with Gasteiger partial charge in [-0.2, -0.15) is 0 Å². The molecule has 0 aromatic heterocycles. The van der Waals surface area contributed by atoms with Crippen molar-refractivity contribution in [1.82, 2.24) is 15.1 Å². The standard InChI is InChI=1S/C21H35N5O7/c22-10-2-1-5-14(20(31)26-12-4-7-16(26)21(32)33)24-18(29)15-6-3-11-25(15)19(30)13(23)8-9-17(27)28/h13-16H,1-12,22-23H2,(H,24,29)(H,27,28)(H,32,33). The van der Waals surface area contributed by atoms with Gasteiger partial charge in [0.1, 0.15) is 18.1 Å². The van der Waals surface area contributed by atoms with E-state index in [9.17, 15) is 29.1 Å². The van der Waals surface area contributed by atoms with Gasteiger partial charge in [0.05, 0.1) is 6.04 Å². The molecule has 0 radical (unpaired) electrons. The minimum absolute atomic E-state index is 0.0370. The number of amides is 3. The fraction of sp³-hybridized carbons (Fsp3) is 0.762. The molecule has 0 aromatic carbocycles. The van der Waals surface area contributed by atoms with Gasteiger partial charge in [0.15, 0.2) is 0 Å². The third kappa shape index (κ3) is 7.13. The van der Waals surface area contributed by atoms with E-state index in [1.54, 1.807) is 0 Å². The van der Waals surface area contributed by atoms with E-state index < -0.39 is 53.8 Å². The maximum Gasteiger partial charge on any atom is 0.326 e. The van der Waals surface area contributed by atoms with Crippen LogP contribution in [0.5, 0.6) is 0 Å². The van der Waals surface area contributed by atoms with Crippen LogP contribution in [0.1, 0.15) is 57.8 Å². The summed E-state index contributed by atoms with van der Waals surface area (Å²) in [6.07, 6.45) is 3.16. The topological polar surface area (TPSA) is 196 Å². The third-order valence-corrected chi connectivity index (χ3v) is 6.21. The maximum absolute atomic E-state index is 13.1. The molecule has 12 heteroatoms. The van der Waals surface area contributed by atoms with Gasteiger partial charge >= 0.3 is 11.9 Å². The van der Waals surface area contributed by atoms with Crippen molar-refractivity contribution in [1.29, 1.82) is 0 Å². The Morgan fingerprint density at radius 3 is 2.09 bits per heavy atom. The van der Waals surface area contributed by atoms with Gasteiger partial charge in [-0.05, 0) is 57.9 Å².